The zero-order valence-electron chi connectivity index (χ0n) is 10.4. The lowest BCUT2D eigenvalue weighted by molar-refractivity contribution is 0.383. The summed E-state index contributed by atoms with van der Waals surface area (Å²) in [7, 11) is 0. The quantitative estimate of drug-likeness (QED) is 0.571. The molecule has 0 aromatic carbocycles. The Bertz CT molecular complexity index is 296. The molecule has 4 heteroatoms. The number of nitrogens with zero attached hydrogens (tertiary/aromatic N) is 2. The Labute approximate surface area is 97.7 Å². The molecule has 2 unspecified atom stereocenters. The summed E-state index contributed by atoms with van der Waals surface area (Å²) in [6.45, 7) is 6.42. The summed E-state index contributed by atoms with van der Waals surface area (Å²) in [5, 5.41) is 0. The lowest BCUT2D eigenvalue weighted by atomic mass is 9.97. The number of aromatic nitrogens is 2. The monoisotopic (exact) mass is 222 g/mol. The minimum Gasteiger partial charge on any atom is -0.271 e. The van der Waals surface area contributed by atoms with E-state index in [9.17, 15) is 0 Å². The summed E-state index contributed by atoms with van der Waals surface area (Å²) < 4.78 is 0. The number of aryl methyl sites for hydroxylation is 1. The smallest absolute Gasteiger partial charge is 0.146 e. The molecule has 2 atom stereocenters. The molecule has 0 aliphatic heterocycles. The van der Waals surface area contributed by atoms with E-state index in [1.165, 1.54) is 12.8 Å². The summed E-state index contributed by atoms with van der Waals surface area (Å²) in [4.78, 5) is 8.62. The lowest BCUT2D eigenvalue weighted by Crippen LogP contribution is -2.30. The minimum atomic E-state index is 0.0575. The van der Waals surface area contributed by atoms with Crippen molar-refractivity contribution in [3.63, 3.8) is 0 Å². The standard InChI is InChI=1S/C12H22N4/c1-4-5-9(2)6-11(16-13)12-14-7-10(3)8-15-12/h7-9,11,16H,4-6,13H2,1-3H3. The van der Waals surface area contributed by atoms with Crippen LogP contribution in [-0.4, -0.2) is 9.97 Å². The topological polar surface area (TPSA) is 63.8 Å². The molecular formula is C12H22N4. The zero-order chi connectivity index (χ0) is 12.0. The SMILES string of the molecule is CCCC(C)CC(NN)c1ncc(C)cn1. The molecule has 0 bridgehead atoms. The number of nitrogens with two attached hydrogens (primary N) is 1. The maximum atomic E-state index is 5.56. The van der Waals surface area contributed by atoms with Gasteiger partial charge in [-0.3, -0.25) is 5.84 Å². The molecule has 0 saturated carbocycles. The lowest BCUT2D eigenvalue weighted by Gasteiger charge is -2.18. The van der Waals surface area contributed by atoms with Crippen LogP contribution in [0.25, 0.3) is 0 Å². The van der Waals surface area contributed by atoms with Gasteiger partial charge in [-0.25, -0.2) is 15.4 Å². The first-order valence-electron chi connectivity index (χ1n) is 5.92. The Balaban J connectivity index is 2.63. The molecule has 0 radical (unpaired) electrons. The van der Waals surface area contributed by atoms with Gasteiger partial charge >= 0.3 is 0 Å². The van der Waals surface area contributed by atoms with Crippen molar-refractivity contribution in [3.05, 3.63) is 23.8 Å². The number of hydrazine groups is 1. The maximum absolute atomic E-state index is 5.56. The van der Waals surface area contributed by atoms with Crippen LogP contribution in [0.5, 0.6) is 0 Å². The minimum absolute atomic E-state index is 0.0575. The number of nitrogens with one attached hydrogen (secondary N) is 1. The highest BCUT2D eigenvalue weighted by molar-refractivity contribution is 5.04. The number of hydrogen-bond acceptors (Lipinski definition) is 4. The second-order valence-electron chi connectivity index (χ2n) is 4.47. The fraction of sp³-hybridized carbons (Fsp3) is 0.667. The van der Waals surface area contributed by atoms with Crippen molar-refractivity contribution in [1.82, 2.24) is 15.4 Å². The second-order valence-corrected chi connectivity index (χ2v) is 4.47. The number of rotatable bonds is 6. The van der Waals surface area contributed by atoms with Crippen molar-refractivity contribution in [2.45, 2.75) is 46.1 Å². The van der Waals surface area contributed by atoms with Gasteiger partial charge in [0.15, 0.2) is 0 Å². The first kappa shape index (κ1) is 13.1. The van der Waals surface area contributed by atoms with Crippen molar-refractivity contribution < 1.29 is 0 Å². The van der Waals surface area contributed by atoms with Gasteiger partial charge in [0.25, 0.3) is 0 Å². The van der Waals surface area contributed by atoms with Crippen molar-refractivity contribution in [3.8, 4) is 0 Å². The molecule has 90 valence electrons. The van der Waals surface area contributed by atoms with Crippen LogP contribution in [0.15, 0.2) is 12.4 Å². The van der Waals surface area contributed by atoms with Crippen molar-refractivity contribution in [2.75, 3.05) is 0 Å². The van der Waals surface area contributed by atoms with Crippen molar-refractivity contribution in [2.24, 2.45) is 11.8 Å². The molecule has 1 aromatic rings. The normalized spacial score (nSPS) is 14.8. The fourth-order valence-corrected chi connectivity index (χ4v) is 1.84. The molecule has 0 aliphatic rings. The molecule has 0 fully saturated rings. The van der Waals surface area contributed by atoms with E-state index in [-0.39, 0.29) is 6.04 Å². The summed E-state index contributed by atoms with van der Waals surface area (Å²) in [6.07, 6.45) is 7.05. The largest absolute Gasteiger partial charge is 0.271 e. The van der Waals surface area contributed by atoms with Crippen molar-refractivity contribution >= 4 is 0 Å². The number of hydrogen-bond donors (Lipinski definition) is 2. The van der Waals surface area contributed by atoms with Gasteiger partial charge in [0.2, 0.25) is 0 Å². The van der Waals surface area contributed by atoms with Crippen LogP contribution >= 0.6 is 0 Å². The molecule has 1 heterocycles. The van der Waals surface area contributed by atoms with Gasteiger partial charge in [0.1, 0.15) is 5.82 Å². The Hall–Kier alpha value is -1.00. The van der Waals surface area contributed by atoms with Gasteiger partial charge in [0.05, 0.1) is 6.04 Å². The molecule has 3 N–H and O–H groups in total. The van der Waals surface area contributed by atoms with Gasteiger partial charge in [-0.1, -0.05) is 26.7 Å². The van der Waals surface area contributed by atoms with Crippen LogP contribution in [0.2, 0.25) is 0 Å². The molecular weight excluding hydrogens is 200 g/mol. The molecule has 1 aromatic heterocycles. The highest BCUT2D eigenvalue weighted by atomic mass is 15.2. The molecule has 0 aliphatic carbocycles. The Kier molecular flexibility index (Phi) is 5.35. The zero-order valence-corrected chi connectivity index (χ0v) is 10.4. The fourth-order valence-electron chi connectivity index (χ4n) is 1.84. The Morgan fingerprint density at radius 3 is 2.50 bits per heavy atom. The first-order chi connectivity index (χ1) is 7.67. The van der Waals surface area contributed by atoms with E-state index in [2.05, 4.69) is 29.2 Å². The summed E-state index contributed by atoms with van der Waals surface area (Å²) >= 11 is 0. The van der Waals surface area contributed by atoms with E-state index in [0.717, 1.165) is 17.8 Å². The second kappa shape index (κ2) is 6.55. The predicted molar refractivity (Wildman–Crippen MR) is 65.5 cm³/mol. The van der Waals surface area contributed by atoms with Crippen LogP contribution in [0.1, 0.15) is 50.5 Å². The molecule has 0 saturated heterocycles. The van der Waals surface area contributed by atoms with E-state index < -0.39 is 0 Å². The predicted octanol–water partition coefficient (Wildman–Crippen LogP) is 2.12. The summed E-state index contributed by atoms with van der Waals surface area (Å²) in [5.74, 6) is 6.98. The molecule has 16 heavy (non-hydrogen) atoms. The van der Waals surface area contributed by atoms with E-state index in [0.29, 0.717) is 5.92 Å². The van der Waals surface area contributed by atoms with E-state index in [1.807, 2.05) is 19.3 Å². The van der Waals surface area contributed by atoms with Gasteiger partial charge < -0.3 is 0 Å². The molecule has 4 nitrogen and oxygen atoms in total. The Morgan fingerprint density at radius 1 is 1.38 bits per heavy atom. The third kappa shape index (κ3) is 3.87. The van der Waals surface area contributed by atoms with E-state index in [4.69, 9.17) is 5.84 Å². The van der Waals surface area contributed by atoms with Crippen LogP contribution in [0, 0.1) is 12.8 Å². The summed E-state index contributed by atoms with van der Waals surface area (Å²) in [5.41, 5.74) is 3.87. The highest BCUT2D eigenvalue weighted by Crippen LogP contribution is 2.20. The average molecular weight is 222 g/mol. The molecule has 1 rings (SSSR count). The van der Waals surface area contributed by atoms with E-state index >= 15 is 0 Å². The third-order valence-electron chi connectivity index (χ3n) is 2.73. The van der Waals surface area contributed by atoms with Gasteiger partial charge in [-0.15, -0.1) is 0 Å². The van der Waals surface area contributed by atoms with Crippen LogP contribution in [0.3, 0.4) is 0 Å². The average Bonchev–Trinajstić information content (AvgIpc) is 2.27. The molecule has 0 amide bonds. The summed E-state index contributed by atoms with van der Waals surface area (Å²) in [6, 6.07) is 0.0575. The van der Waals surface area contributed by atoms with Crippen LogP contribution < -0.4 is 11.3 Å². The van der Waals surface area contributed by atoms with Gasteiger partial charge in [0, 0.05) is 12.4 Å². The third-order valence-corrected chi connectivity index (χ3v) is 2.73. The van der Waals surface area contributed by atoms with Gasteiger partial charge in [-0.05, 0) is 24.8 Å². The maximum Gasteiger partial charge on any atom is 0.146 e. The van der Waals surface area contributed by atoms with E-state index in [1.54, 1.807) is 0 Å². The van der Waals surface area contributed by atoms with Crippen molar-refractivity contribution in [1.29, 1.82) is 0 Å². The van der Waals surface area contributed by atoms with Crippen LogP contribution in [0.4, 0.5) is 0 Å². The highest BCUT2D eigenvalue weighted by Gasteiger charge is 2.15. The van der Waals surface area contributed by atoms with Gasteiger partial charge in [-0.2, -0.15) is 0 Å². The van der Waals surface area contributed by atoms with Crippen LogP contribution in [-0.2, 0) is 0 Å². The molecule has 0 spiro atoms. The Morgan fingerprint density at radius 2 is 2.00 bits per heavy atom. The first-order valence-corrected chi connectivity index (χ1v) is 5.92.